The summed E-state index contributed by atoms with van der Waals surface area (Å²) in [4.78, 5) is 10.2. The molecule has 9 heavy (non-hydrogen) atoms. The van der Waals surface area contributed by atoms with Gasteiger partial charge in [-0.25, -0.2) is 0 Å². The first-order valence-corrected chi connectivity index (χ1v) is 3.41. The SMILES string of the molecule is CC(C)C/C=C/C(=O)[S]. The summed E-state index contributed by atoms with van der Waals surface area (Å²) in [5.74, 6) is 0.607. The molecule has 0 unspecified atom stereocenters. The van der Waals surface area contributed by atoms with E-state index in [0.717, 1.165) is 6.42 Å². The fraction of sp³-hybridized carbons (Fsp3) is 0.571. The van der Waals surface area contributed by atoms with E-state index >= 15 is 0 Å². The van der Waals surface area contributed by atoms with Crippen molar-refractivity contribution < 1.29 is 4.79 Å². The zero-order chi connectivity index (χ0) is 7.28. The van der Waals surface area contributed by atoms with Crippen molar-refractivity contribution in [2.24, 2.45) is 5.92 Å². The van der Waals surface area contributed by atoms with Crippen molar-refractivity contribution in [1.29, 1.82) is 0 Å². The maximum atomic E-state index is 10.2. The van der Waals surface area contributed by atoms with Crippen LogP contribution in [0.15, 0.2) is 12.2 Å². The molecule has 0 heterocycles. The van der Waals surface area contributed by atoms with Crippen LogP contribution in [0.2, 0.25) is 0 Å². The molecule has 1 radical (unpaired) electrons. The largest absolute Gasteiger partial charge is 0.277 e. The molecule has 0 saturated carbocycles. The number of allylic oxidation sites excluding steroid dienone is 1. The first-order chi connectivity index (χ1) is 4.13. The van der Waals surface area contributed by atoms with Crippen LogP contribution in [0.25, 0.3) is 0 Å². The molecule has 0 aliphatic carbocycles. The molecule has 1 nitrogen and oxygen atoms in total. The summed E-state index contributed by atoms with van der Waals surface area (Å²) in [5, 5.41) is -0.282. The maximum absolute atomic E-state index is 10.2. The lowest BCUT2D eigenvalue weighted by molar-refractivity contribution is -0.106. The average Bonchev–Trinajstić information content (AvgIpc) is 1.63. The predicted octanol–water partition coefficient (Wildman–Crippen LogP) is 2.31. The van der Waals surface area contributed by atoms with E-state index in [0.29, 0.717) is 5.92 Å². The molecular weight excluding hydrogens is 132 g/mol. The fourth-order valence-electron chi connectivity index (χ4n) is 0.436. The summed E-state index contributed by atoms with van der Waals surface area (Å²) < 4.78 is 0. The number of hydrogen-bond donors (Lipinski definition) is 0. The topological polar surface area (TPSA) is 17.1 Å². The van der Waals surface area contributed by atoms with Gasteiger partial charge in [-0.15, -0.1) is 0 Å². The summed E-state index contributed by atoms with van der Waals surface area (Å²) in [6.45, 7) is 4.19. The molecule has 0 rings (SSSR count). The van der Waals surface area contributed by atoms with Gasteiger partial charge in [-0.1, -0.05) is 19.9 Å². The molecule has 0 aliphatic heterocycles. The molecule has 0 aromatic carbocycles. The van der Waals surface area contributed by atoms with Crippen LogP contribution in [-0.4, -0.2) is 5.12 Å². The Hall–Kier alpha value is -0.370. The van der Waals surface area contributed by atoms with Crippen LogP contribution in [0.4, 0.5) is 0 Å². The monoisotopic (exact) mass is 143 g/mol. The van der Waals surface area contributed by atoms with E-state index in [4.69, 9.17) is 0 Å². The smallest absolute Gasteiger partial charge is 0.241 e. The van der Waals surface area contributed by atoms with Crippen molar-refractivity contribution >= 4 is 17.7 Å². The number of carbonyl (C=O) groups is 1. The molecule has 0 bridgehead atoms. The van der Waals surface area contributed by atoms with Crippen LogP contribution in [0.5, 0.6) is 0 Å². The molecule has 2 heteroatoms. The van der Waals surface area contributed by atoms with Crippen molar-refractivity contribution in [3.8, 4) is 0 Å². The van der Waals surface area contributed by atoms with Gasteiger partial charge in [-0.05, 0) is 31.0 Å². The maximum Gasteiger partial charge on any atom is 0.241 e. The van der Waals surface area contributed by atoms with Gasteiger partial charge in [0.25, 0.3) is 0 Å². The molecule has 0 aromatic rings. The second kappa shape index (κ2) is 4.50. The van der Waals surface area contributed by atoms with Gasteiger partial charge in [0.2, 0.25) is 5.12 Å². The molecule has 0 aliphatic rings. The molecule has 0 amide bonds. The zero-order valence-electron chi connectivity index (χ0n) is 5.76. The Labute approximate surface area is 61.6 Å². The molecule has 0 aromatic heterocycles. The Morgan fingerprint density at radius 2 is 2.22 bits per heavy atom. The Bertz CT molecular complexity index is 116. The standard InChI is InChI=1S/C7H11OS/c1-6(2)4-3-5-7(8)9/h3,5-6H,4H2,1-2H3/b5-3+. The zero-order valence-corrected chi connectivity index (χ0v) is 6.57. The van der Waals surface area contributed by atoms with Crippen LogP contribution in [-0.2, 0) is 4.79 Å². The third-order valence-electron chi connectivity index (χ3n) is 0.861. The highest BCUT2D eigenvalue weighted by atomic mass is 32.1. The highest BCUT2D eigenvalue weighted by Crippen LogP contribution is 1.99. The summed E-state index contributed by atoms with van der Waals surface area (Å²) in [6.07, 6.45) is 4.19. The van der Waals surface area contributed by atoms with Gasteiger partial charge in [-0.2, -0.15) is 0 Å². The van der Waals surface area contributed by atoms with Crippen molar-refractivity contribution in [3.63, 3.8) is 0 Å². The van der Waals surface area contributed by atoms with E-state index in [-0.39, 0.29) is 5.12 Å². The van der Waals surface area contributed by atoms with Gasteiger partial charge >= 0.3 is 0 Å². The van der Waals surface area contributed by atoms with Gasteiger partial charge in [0.15, 0.2) is 0 Å². The van der Waals surface area contributed by atoms with Gasteiger partial charge in [0.05, 0.1) is 0 Å². The summed E-state index contributed by atoms with van der Waals surface area (Å²) in [6, 6.07) is 0. The predicted molar refractivity (Wildman–Crippen MR) is 41.2 cm³/mol. The Balaban J connectivity index is 3.36. The molecule has 0 fully saturated rings. The van der Waals surface area contributed by atoms with Crippen LogP contribution < -0.4 is 0 Å². The van der Waals surface area contributed by atoms with Gasteiger partial charge in [0.1, 0.15) is 0 Å². The first kappa shape index (κ1) is 8.63. The molecule has 0 spiro atoms. The van der Waals surface area contributed by atoms with E-state index in [2.05, 4.69) is 26.5 Å². The van der Waals surface area contributed by atoms with Crippen LogP contribution >= 0.6 is 12.6 Å². The van der Waals surface area contributed by atoms with E-state index in [1.165, 1.54) is 6.08 Å². The molecular formula is C7H11OS. The average molecular weight is 143 g/mol. The third kappa shape index (κ3) is 7.63. The van der Waals surface area contributed by atoms with Crippen molar-refractivity contribution in [2.45, 2.75) is 20.3 Å². The van der Waals surface area contributed by atoms with Crippen molar-refractivity contribution in [3.05, 3.63) is 12.2 Å². The minimum atomic E-state index is -0.282. The lowest BCUT2D eigenvalue weighted by Gasteiger charge is -1.94. The minimum Gasteiger partial charge on any atom is -0.277 e. The highest BCUT2D eigenvalue weighted by Gasteiger charge is 1.88. The highest BCUT2D eigenvalue weighted by molar-refractivity contribution is 7.97. The minimum absolute atomic E-state index is 0.282. The van der Waals surface area contributed by atoms with Crippen LogP contribution in [0.1, 0.15) is 20.3 Å². The fourth-order valence-corrected chi connectivity index (χ4v) is 0.533. The number of rotatable bonds is 3. The number of carbonyl (C=O) groups excluding carboxylic acids is 1. The summed E-state index contributed by atoms with van der Waals surface area (Å²) >= 11 is 4.31. The molecule has 0 N–H and O–H groups in total. The van der Waals surface area contributed by atoms with Crippen LogP contribution in [0, 0.1) is 5.92 Å². The van der Waals surface area contributed by atoms with Gasteiger partial charge < -0.3 is 0 Å². The lowest BCUT2D eigenvalue weighted by Crippen LogP contribution is -1.83. The number of hydrogen-bond acceptors (Lipinski definition) is 1. The van der Waals surface area contributed by atoms with Gasteiger partial charge in [-0.3, -0.25) is 4.79 Å². The molecule has 51 valence electrons. The Kier molecular flexibility index (Phi) is 4.32. The quantitative estimate of drug-likeness (QED) is 0.554. The van der Waals surface area contributed by atoms with E-state index in [1.807, 2.05) is 6.08 Å². The van der Waals surface area contributed by atoms with Gasteiger partial charge in [0, 0.05) is 0 Å². The van der Waals surface area contributed by atoms with Crippen LogP contribution in [0.3, 0.4) is 0 Å². The summed E-state index contributed by atoms with van der Waals surface area (Å²) in [5.41, 5.74) is 0. The Morgan fingerprint density at radius 1 is 1.67 bits per heavy atom. The van der Waals surface area contributed by atoms with E-state index in [9.17, 15) is 4.79 Å². The van der Waals surface area contributed by atoms with E-state index < -0.39 is 0 Å². The molecule has 0 atom stereocenters. The van der Waals surface area contributed by atoms with Crippen molar-refractivity contribution in [2.75, 3.05) is 0 Å². The summed E-state index contributed by atoms with van der Waals surface area (Å²) in [7, 11) is 0. The van der Waals surface area contributed by atoms with Crippen molar-refractivity contribution in [1.82, 2.24) is 0 Å². The lowest BCUT2D eigenvalue weighted by atomic mass is 10.1. The third-order valence-corrected chi connectivity index (χ3v) is 0.998. The normalized spacial score (nSPS) is 11.0. The first-order valence-electron chi connectivity index (χ1n) is 3.00. The second-order valence-corrected chi connectivity index (χ2v) is 2.75. The Morgan fingerprint density at radius 3 is 2.56 bits per heavy atom. The second-order valence-electron chi connectivity index (χ2n) is 2.35. The molecule has 0 saturated heterocycles. The van der Waals surface area contributed by atoms with E-state index in [1.54, 1.807) is 0 Å².